The molecule has 1 N–H and O–H groups in total. The number of alkyl halides is 1. The molecule has 0 radical (unpaired) electrons. The molecule has 8 heavy (non-hydrogen) atoms. The molecule has 0 unspecified atom stereocenters. The number of aliphatic hydroxyl groups is 1. The van der Waals surface area contributed by atoms with Crippen molar-refractivity contribution in [2.24, 2.45) is 0 Å². The lowest BCUT2D eigenvalue weighted by Gasteiger charge is -2.02. The molecule has 0 bridgehead atoms. The smallest absolute Gasteiger partial charge is 0.111 e. The summed E-state index contributed by atoms with van der Waals surface area (Å²) in [7, 11) is 0. The Hall–Kier alpha value is 0.400. The van der Waals surface area contributed by atoms with Gasteiger partial charge in [-0.05, 0) is 6.42 Å². The molecule has 1 aliphatic heterocycles. The maximum absolute atomic E-state index is 9.05. The molecule has 0 aromatic rings. The number of ether oxygens (including phenoxy) is 1. The summed E-state index contributed by atoms with van der Waals surface area (Å²) in [6, 6.07) is 0. The van der Waals surface area contributed by atoms with E-state index in [-0.39, 0.29) is 12.2 Å². The summed E-state index contributed by atoms with van der Waals surface area (Å²) in [6.45, 7) is 0. The Morgan fingerprint density at radius 2 is 2.25 bits per heavy atom. The van der Waals surface area contributed by atoms with Crippen LogP contribution in [0.5, 0.6) is 0 Å². The third-order valence-electron chi connectivity index (χ3n) is 1.76. The quantitative estimate of drug-likeness (QED) is 0.428. The summed E-state index contributed by atoms with van der Waals surface area (Å²) in [5, 5.41) is 9.05. The Morgan fingerprint density at radius 3 is 2.38 bits per heavy atom. The summed E-state index contributed by atoms with van der Waals surface area (Å²) in [5.41, 5.74) is 0. The molecule has 4 atom stereocenters. The third-order valence-corrected chi connectivity index (χ3v) is 2.66. The van der Waals surface area contributed by atoms with Crippen LogP contribution in [-0.2, 0) is 4.74 Å². The van der Waals surface area contributed by atoms with Gasteiger partial charge in [0.05, 0.1) is 12.2 Å². The third kappa shape index (κ3) is 0.551. The zero-order valence-corrected chi connectivity index (χ0v) is 5.84. The Bertz CT molecular complexity index is 101. The van der Waals surface area contributed by atoms with Crippen molar-refractivity contribution in [2.75, 3.05) is 0 Å². The van der Waals surface area contributed by atoms with Crippen molar-refractivity contribution in [1.82, 2.24) is 0 Å². The van der Waals surface area contributed by atoms with Crippen LogP contribution in [0, 0.1) is 0 Å². The second kappa shape index (κ2) is 1.46. The van der Waals surface area contributed by atoms with Crippen molar-refractivity contribution in [1.29, 1.82) is 0 Å². The molecular formula is C5H7BrO2. The van der Waals surface area contributed by atoms with Crippen LogP contribution in [0.4, 0.5) is 0 Å². The Kier molecular flexibility index (Phi) is 0.951. The first-order valence-electron chi connectivity index (χ1n) is 2.76. The molecule has 0 aromatic heterocycles. The number of halogens is 1. The Labute approximate surface area is 56.0 Å². The fourth-order valence-corrected chi connectivity index (χ4v) is 2.04. The molecule has 46 valence electrons. The van der Waals surface area contributed by atoms with Crippen molar-refractivity contribution < 1.29 is 9.84 Å². The Balaban J connectivity index is 2.09. The summed E-state index contributed by atoms with van der Waals surface area (Å²) in [5.74, 6) is 0. The highest BCUT2D eigenvalue weighted by Crippen LogP contribution is 2.42. The number of aliphatic hydroxyl groups excluding tert-OH is 1. The van der Waals surface area contributed by atoms with Gasteiger partial charge >= 0.3 is 0 Å². The summed E-state index contributed by atoms with van der Waals surface area (Å²) >= 11 is 3.40. The lowest BCUT2D eigenvalue weighted by molar-refractivity contribution is 0.122. The van der Waals surface area contributed by atoms with Gasteiger partial charge in [-0.1, -0.05) is 15.9 Å². The van der Waals surface area contributed by atoms with E-state index in [9.17, 15) is 0 Å². The van der Waals surface area contributed by atoms with Crippen LogP contribution in [0.25, 0.3) is 0 Å². The first kappa shape index (κ1) is 5.21. The predicted molar refractivity (Wildman–Crippen MR) is 32.0 cm³/mol. The van der Waals surface area contributed by atoms with Crippen LogP contribution in [0.15, 0.2) is 0 Å². The maximum Gasteiger partial charge on any atom is 0.111 e. The van der Waals surface area contributed by atoms with E-state index in [2.05, 4.69) is 15.9 Å². The first-order valence-corrected chi connectivity index (χ1v) is 3.68. The molecule has 2 aliphatic rings. The van der Waals surface area contributed by atoms with Crippen LogP contribution >= 0.6 is 15.9 Å². The second-order valence-corrected chi connectivity index (χ2v) is 3.56. The van der Waals surface area contributed by atoms with E-state index in [1.165, 1.54) is 0 Å². The number of epoxide rings is 1. The number of hydrogen-bond acceptors (Lipinski definition) is 2. The van der Waals surface area contributed by atoms with E-state index < -0.39 is 0 Å². The molecule has 2 nitrogen and oxygen atoms in total. The van der Waals surface area contributed by atoms with Gasteiger partial charge in [-0.3, -0.25) is 0 Å². The molecule has 3 heteroatoms. The number of hydrogen-bond donors (Lipinski definition) is 1. The fraction of sp³-hybridized carbons (Fsp3) is 1.00. The standard InChI is InChI=1S/C5H7BrO2/c6-2-1-3(7)5-4(2)8-5/h2-5,7H,1H2/t2-,3+,4-,5+/m0/s1. The molecule has 0 amide bonds. The minimum absolute atomic E-state index is 0.166. The first-order chi connectivity index (χ1) is 3.79. The summed E-state index contributed by atoms with van der Waals surface area (Å²) in [6.07, 6.45) is 1.14. The zero-order chi connectivity index (χ0) is 5.72. The summed E-state index contributed by atoms with van der Waals surface area (Å²) in [4.78, 5) is 0.405. The van der Waals surface area contributed by atoms with Crippen molar-refractivity contribution >= 4 is 15.9 Å². The monoisotopic (exact) mass is 178 g/mol. The van der Waals surface area contributed by atoms with Crippen LogP contribution < -0.4 is 0 Å². The van der Waals surface area contributed by atoms with Crippen LogP contribution in [-0.4, -0.2) is 28.2 Å². The number of fused-ring (bicyclic) bond motifs is 1. The van der Waals surface area contributed by atoms with E-state index in [1.54, 1.807) is 0 Å². The van der Waals surface area contributed by atoms with Crippen LogP contribution in [0.1, 0.15) is 6.42 Å². The van der Waals surface area contributed by atoms with E-state index >= 15 is 0 Å². The average Bonchev–Trinajstić information content (AvgIpc) is 2.35. The van der Waals surface area contributed by atoms with Gasteiger partial charge in [0.15, 0.2) is 0 Å². The van der Waals surface area contributed by atoms with E-state index in [1.807, 2.05) is 0 Å². The molecular weight excluding hydrogens is 172 g/mol. The molecule has 1 heterocycles. The highest BCUT2D eigenvalue weighted by Gasteiger charge is 2.55. The zero-order valence-electron chi connectivity index (χ0n) is 4.25. The minimum Gasteiger partial charge on any atom is -0.390 e. The molecule has 0 aromatic carbocycles. The lowest BCUT2D eigenvalue weighted by Crippen LogP contribution is -2.10. The van der Waals surface area contributed by atoms with Crippen molar-refractivity contribution in [3.8, 4) is 0 Å². The van der Waals surface area contributed by atoms with Crippen molar-refractivity contribution in [3.63, 3.8) is 0 Å². The number of rotatable bonds is 0. The minimum atomic E-state index is -0.204. The highest BCUT2D eigenvalue weighted by atomic mass is 79.9. The molecule has 2 rings (SSSR count). The SMILES string of the molecule is O[C@@H]1C[C@H](Br)[C@@H]2O[C@@H]21. The molecule has 2 fully saturated rings. The maximum atomic E-state index is 9.05. The molecule has 1 saturated carbocycles. The van der Waals surface area contributed by atoms with Gasteiger partial charge in [0.25, 0.3) is 0 Å². The molecule has 1 aliphatic carbocycles. The van der Waals surface area contributed by atoms with Gasteiger partial charge in [-0.15, -0.1) is 0 Å². The van der Waals surface area contributed by atoms with Crippen LogP contribution in [0.2, 0.25) is 0 Å². The van der Waals surface area contributed by atoms with Crippen LogP contribution in [0.3, 0.4) is 0 Å². The van der Waals surface area contributed by atoms with Gasteiger partial charge in [0, 0.05) is 4.83 Å². The van der Waals surface area contributed by atoms with Gasteiger partial charge in [0.2, 0.25) is 0 Å². The lowest BCUT2D eigenvalue weighted by atomic mass is 10.3. The summed E-state index contributed by atoms with van der Waals surface area (Å²) < 4.78 is 5.08. The van der Waals surface area contributed by atoms with Gasteiger partial charge in [-0.25, -0.2) is 0 Å². The second-order valence-electron chi connectivity index (χ2n) is 2.38. The van der Waals surface area contributed by atoms with Gasteiger partial charge in [-0.2, -0.15) is 0 Å². The van der Waals surface area contributed by atoms with Gasteiger partial charge in [0.1, 0.15) is 6.10 Å². The highest BCUT2D eigenvalue weighted by molar-refractivity contribution is 9.09. The average molecular weight is 179 g/mol. The normalized spacial score (nSPS) is 60.8. The molecule has 0 spiro atoms. The van der Waals surface area contributed by atoms with E-state index in [4.69, 9.17) is 9.84 Å². The predicted octanol–water partition coefficient (Wildman–Crippen LogP) is 0.282. The van der Waals surface area contributed by atoms with Crippen molar-refractivity contribution in [3.05, 3.63) is 0 Å². The van der Waals surface area contributed by atoms with Crippen molar-refractivity contribution in [2.45, 2.75) is 29.6 Å². The molecule has 1 saturated heterocycles. The van der Waals surface area contributed by atoms with E-state index in [0.29, 0.717) is 10.9 Å². The Morgan fingerprint density at radius 1 is 1.50 bits per heavy atom. The topological polar surface area (TPSA) is 32.8 Å². The van der Waals surface area contributed by atoms with E-state index in [0.717, 1.165) is 6.42 Å². The fourth-order valence-electron chi connectivity index (χ4n) is 1.24. The largest absolute Gasteiger partial charge is 0.390 e. The van der Waals surface area contributed by atoms with Gasteiger partial charge < -0.3 is 9.84 Å².